The lowest BCUT2D eigenvalue weighted by molar-refractivity contribution is 0.136. The van der Waals surface area contributed by atoms with Crippen molar-refractivity contribution in [1.82, 2.24) is 10.2 Å². The lowest BCUT2D eigenvalue weighted by atomic mass is 9.98. The predicted molar refractivity (Wildman–Crippen MR) is 86.9 cm³/mol. The van der Waals surface area contributed by atoms with Crippen molar-refractivity contribution in [3.63, 3.8) is 0 Å². The van der Waals surface area contributed by atoms with Gasteiger partial charge in [0.25, 0.3) is 0 Å². The molecule has 122 valence electrons. The van der Waals surface area contributed by atoms with Gasteiger partial charge in [0.05, 0.1) is 6.26 Å². The van der Waals surface area contributed by atoms with Crippen molar-refractivity contribution in [1.29, 1.82) is 0 Å². The Balaban J connectivity index is 1.71. The molecular formula is C18H22N2O3. The molecule has 3 rings (SSSR count). The standard InChI is InChI=1S/C18H22N2O3/c21-13-14-8-10-20(11-9-14)18(22)19-17(16-7-4-12-23-16)15-5-2-1-3-6-15/h1-7,12,14,17,21H,8-11,13H2,(H,19,22). The highest BCUT2D eigenvalue weighted by Crippen LogP contribution is 2.23. The number of rotatable bonds is 4. The van der Waals surface area contributed by atoms with E-state index < -0.39 is 0 Å². The number of piperidine rings is 1. The van der Waals surface area contributed by atoms with Gasteiger partial charge in [0.2, 0.25) is 0 Å². The van der Waals surface area contributed by atoms with Crippen LogP contribution in [0.15, 0.2) is 53.1 Å². The second kappa shape index (κ2) is 7.33. The number of hydrogen-bond donors (Lipinski definition) is 2. The summed E-state index contributed by atoms with van der Waals surface area (Å²) in [6.45, 7) is 1.56. The molecule has 23 heavy (non-hydrogen) atoms. The van der Waals surface area contributed by atoms with Crippen LogP contribution in [0.2, 0.25) is 0 Å². The highest BCUT2D eigenvalue weighted by molar-refractivity contribution is 5.75. The lowest BCUT2D eigenvalue weighted by Crippen LogP contribution is -2.46. The average Bonchev–Trinajstić information content (AvgIpc) is 3.14. The van der Waals surface area contributed by atoms with E-state index in [1.54, 1.807) is 6.26 Å². The first-order chi connectivity index (χ1) is 11.3. The number of benzene rings is 1. The molecular weight excluding hydrogens is 292 g/mol. The van der Waals surface area contributed by atoms with Crippen molar-refractivity contribution < 1.29 is 14.3 Å². The molecule has 5 nitrogen and oxygen atoms in total. The minimum Gasteiger partial charge on any atom is -0.467 e. The van der Waals surface area contributed by atoms with Crippen molar-refractivity contribution in [2.45, 2.75) is 18.9 Å². The van der Waals surface area contributed by atoms with E-state index in [0.29, 0.717) is 19.0 Å². The van der Waals surface area contributed by atoms with Gasteiger partial charge in [-0.3, -0.25) is 0 Å². The van der Waals surface area contributed by atoms with E-state index in [1.165, 1.54) is 0 Å². The van der Waals surface area contributed by atoms with E-state index in [1.807, 2.05) is 47.4 Å². The molecule has 0 radical (unpaired) electrons. The molecule has 2 heterocycles. The second-order valence-corrected chi connectivity index (χ2v) is 5.92. The predicted octanol–water partition coefficient (Wildman–Crippen LogP) is 2.78. The highest BCUT2D eigenvalue weighted by Gasteiger charge is 2.26. The summed E-state index contributed by atoms with van der Waals surface area (Å²) < 4.78 is 5.51. The van der Waals surface area contributed by atoms with E-state index in [-0.39, 0.29) is 18.7 Å². The van der Waals surface area contributed by atoms with Gasteiger partial charge in [0, 0.05) is 19.7 Å². The molecule has 1 aromatic heterocycles. The molecule has 1 unspecified atom stereocenters. The van der Waals surface area contributed by atoms with Crippen LogP contribution in [0.3, 0.4) is 0 Å². The Morgan fingerprint density at radius 1 is 1.22 bits per heavy atom. The van der Waals surface area contributed by atoms with Gasteiger partial charge in [-0.25, -0.2) is 4.79 Å². The Hall–Kier alpha value is -2.27. The van der Waals surface area contributed by atoms with Crippen LogP contribution in [0.1, 0.15) is 30.2 Å². The fourth-order valence-corrected chi connectivity index (χ4v) is 2.95. The van der Waals surface area contributed by atoms with Gasteiger partial charge in [0.15, 0.2) is 0 Å². The third-order valence-corrected chi connectivity index (χ3v) is 4.39. The summed E-state index contributed by atoms with van der Waals surface area (Å²) >= 11 is 0. The van der Waals surface area contributed by atoms with Crippen molar-refractivity contribution in [2.24, 2.45) is 5.92 Å². The molecule has 1 atom stereocenters. The summed E-state index contributed by atoms with van der Waals surface area (Å²) in [6, 6.07) is 13.1. The fraction of sp³-hybridized carbons (Fsp3) is 0.389. The maximum Gasteiger partial charge on any atom is 0.318 e. The number of nitrogens with zero attached hydrogens (tertiary/aromatic N) is 1. The molecule has 0 spiro atoms. The van der Waals surface area contributed by atoms with Crippen LogP contribution < -0.4 is 5.32 Å². The average molecular weight is 314 g/mol. The van der Waals surface area contributed by atoms with Crippen LogP contribution in [0.25, 0.3) is 0 Å². The maximum absolute atomic E-state index is 12.6. The number of carbonyl (C=O) groups is 1. The highest BCUT2D eigenvalue weighted by atomic mass is 16.3. The van der Waals surface area contributed by atoms with Crippen LogP contribution in [-0.2, 0) is 0 Å². The smallest absolute Gasteiger partial charge is 0.318 e. The number of aliphatic hydroxyl groups is 1. The minimum atomic E-state index is -0.297. The number of carbonyl (C=O) groups excluding carboxylic acids is 1. The number of amides is 2. The summed E-state index contributed by atoms with van der Waals surface area (Å²) in [5.74, 6) is 1.03. The van der Waals surface area contributed by atoms with E-state index in [0.717, 1.165) is 24.2 Å². The molecule has 1 saturated heterocycles. The molecule has 1 aliphatic rings. The van der Waals surface area contributed by atoms with Crippen LogP contribution in [-0.4, -0.2) is 35.7 Å². The molecule has 2 aromatic rings. The van der Waals surface area contributed by atoms with Crippen LogP contribution >= 0.6 is 0 Å². The molecule has 0 saturated carbocycles. The first-order valence-corrected chi connectivity index (χ1v) is 8.02. The molecule has 2 N–H and O–H groups in total. The molecule has 5 heteroatoms. The molecule has 2 amide bonds. The third kappa shape index (κ3) is 3.74. The number of furan rings is 1. The van der Waals surface area contributed by atoms with E-state index in [4.69, 9.17) is 4.42 Å². The zero-order valence-corrected chi connectivity index (χ0v) is 13.0. The quantitative estimate of drug-likeness (QED) is 0.912. The Morgan fingerprint density at radius 3 is 2.57 bits per heavy atom. The van der Waals surface area contributed by atoms with Gasteiger partial charge in [-0.1, -0.05) is 30.3 Å². The van der Waals surface area contributed by atoms with Crippen LogP contribution in [0.5, 0.6) is 0 Å². The van der Waals surface area contributed by atoms with E-state index in [2.05, 4.69) is 5.32 Å². The van der Waals surface area contributed by atoms with Crippen LogP contribution in [0, 0.1) is 5.92 Å². The molecule has 1 aromatic carbocycles. The number of nitrogens with one attached hydrogen (secondary N) is 1. The molecule has 0 aliphatic carbocycles. The lowest BCUT2D eigenvalue weighted by Gasteiger charge is -2.32. The van der Waals surface area contributed by atoms with E-state index >= 15 is 0 Å². The summed E-state index contributed by atoms with van der Waals surface area (Å²) in [5, 5.41) is 12.3. The third-order valence-electron chi connectivity index (χ3n) is 4.39. The van der Waals surface area contributed by atoms with Gasteiger partial charge >= 0.3 is 6.03 Å². The molecule has 1 fully saturated rings. The largest absolute Gasteiger partial charge is 0.467 e. The molecule has 1 aliphatic heterocycles. The SMILES string of the molecule is O=C(NC(c1ccccc1)c1ccco1)N1CCC(CO)CC1. The van der Waals surface area contributed by atoms with Crippen LogP contribution in [0.4, 0.5) is 4.79 Å². The second-order valence-electron chi connectivity index (χ2n) is 5.92. The topological polar surface area (TPSA) is 65.7 Å². The Bertz CT molecular complexity index is 604. The van der Waals surface area contributed by atoms with Gasteiger partial charge < -0.3 is 19.7 Å². The summed E-state index contributed by atoms with van der Waals surface area (Å²) in [6.07, 6.45) is 3.31. The van der Waals surface area contributed by atoms with Gasteiger partial charge in [-0.2, -0.15) is 0 Å². The Kier molecular flexibility index (Phi) is 4.98. The minimum absolute atomic E-state index is 0.0911. The van der Waals surface area contributed by atoms with Crippen molar-refractivity contribution in [3.05, 3.63) is 60.1 Å². The van der Waals surface area contributed by atoms with Gasteiger partial charge in [0.1, 0.15) is 11.8 Å². The zero-order valence-electron chi connectivity index (χ0n) is 13.0. The number of hydrogen-bond acceptors (Lipinski definition) is 3. The fourth-order valence-electron chi connectivity index (χ4n) is 2.95. The number of urea groups is 1. The zero-order chi connectivity index (χ0) is 16.1. The first kappa shape index (κ1) is 15.6. The van der Waals surface area contributed by atoms with Crippen molar-refractivity contribution in [3.8, 4) is 0 Å². The summed E-state index contributed by atoms with van der Waals surface area (Å²) in [5.41, 5.74) is 0.987. The number of aliphatic hydroxyl groups excluding tert-OH is 1. The Labute approximate surface area is 135 Å². The monoisotopic (exact) mass is 314 g/mol. The number of likely N-dealkylation sites (tertiary alicyclic amines) is 1. The van der Waals surface area contributed by atoms with E-state index in [9.17, 15) is 9.90 Å². The van der Waals surface area contributed by atoms with Crippen molar-refractivity contribution in [2.75, 3.05) is 19.7 Å². The van der Waals surface area contributed by atoms with Crippen molar-refractivity contribution >= 4 is 6.03 Å². The van der Waals surface area contributed by atoms with Gasteiger partial charge in [-0.15, -0.1) is 0 Å². The van der Waals surface area contributed by atoms with Gasteiger partial charge in [-0.05, 0) is 36.5 Å². The first-order valence-electron chi connectivity index (χ1n) is 8.02. The summed E-state index contributed by atoms with van der Waals surface area (Å²) in [7, 11) is 0. The Morgan fingerprint density at radius 2 is 1.96 bits per heavy atom. The normalized spacial score (nSPS) is 17.0. The summed E-state index contributed by atoms with van der Waals surface area (Å²) in [4.78, 5) is 14.4. The maximum atomic E-state index is 12.6. The molecule has 0 bridgehead atoms.